The van der Waals surface area contributed by atoms with E-state index < -0.39 is 11.9 Å². The van der Waals surface area contributed by atoms with E-state index in [1.165, 1.54) is 24.3 Å². The minimum absolute atomic E-state index is 0.243. The largest absolute Gasteiger partial charge is 0.486 e. The van der Waals surface area contributed by atoms with Gasteiger partial charge < -0.3 is 15.2 Å². The topological polar surface area (TPSA) is 73.6 Å². The van der Waals surface area contributed by atoms with E-state index in [0.717, 1.165) is 0 Å². The van der Waals surface area contributed by atoms with Crippen LogP contribution in [0.15, 0.2) is 48.5 Å². The van der Waals surface area contributed by atoms with Crippen molar-refractivity contribution in [1.29, 1.82) is 0 Å². The summed E-state index contributed by atoms with van der Waals surface area (Å²) in [5.41, 5.74) is 6.04. The van der Waals surface area contributed by atoms with Gasteiger partial charge in [0.15, 0.2) is 11.5 Å². The molecule has 23 heavy (non-hydrogen) atoms. The summed E-state index contributed by atoms with van der Waals surface area (Å²) >= 11 is 0. The second-order valence-electron chi connectivity index (χ2n) is 5.29. The van der Waals surface area contributed by atoms with Crippen molar-refractivity contribution in [3.63, 3.8) is 0 Å². The van der Waals surface area contributed by atoms with Crippen LogP contribution in [0.1, 0.15) is 11.6 Å². The van der Waals surface area contributed by atoms with Gasteiger partial charge in [0.05, 0.1) is 0 Å². The molecule has 1 aliphatic rings. The molecule has 0 aromatic heterocycles. The van der Waals surface area contributed by atoms with Gasteiger partial charge in [-0.15, -0.1) is 0 Å². The number of hydrogen-bond acceptors (Lipinski definition) is 4. The van der Waals surface area contributed by atoms with Crippen LogP contribution in [0, 0.1) is 5.82 Å². The second-order valence-corrected chi connectivity index (χ2v) is 5.29. The number of ether oxygens (including phenoxy) is 2. The Labute approximate surface area is 133 Å². The van der Waals surface area contributed by atoms with Gasteiger partial charge in [-0.1, -0.05) is 24.3 Å². The zero-order valence-corrected chi connectivity index (χ0v) is 12.4. The number of fused-ring (bicyclic) bond motifs is 1. The number of nitrogens with two attached hydrogens (primary N) is 1. The van der Waals surface area contributed by atoms with Gasteiger partial charge in [0, 0.05) is 6.54 Å². The van der Waals surface area contributed by atoms with E-state index in [1.807, 2.05) is 24.3 Å². The average molecular weight is 316 g/mol. The Balaban J connectivity index is 1.64. The molecule has 0 aliphatic carbocycles. The summed E-state index contributed by atoms with van der Waals surface area (Å²) in [5.74, 6) is 0.475. The molecule has 3 N–H and O–H groups in total. The van der Waals surface area contributed by atoms with Crippen molar-refractivity contribution in [1.82, 2.24) is 5.32 Å². The first-order chi connectivity index (χ1) is 11.1. The Bertz CT molecular complexity index is 690. The van der Waals surface area contributed by atoms with Gasteiger partial charge in [-0.3, -0.25) is 10.1 Å². The fourth-order valence-electron chi connectivity index (χ4n) is 2.45. The van der Waals surface area contributed by atoms with Crippen LogP contribution in [-0.2, 0) is 4.79 Å². The highest BCUT2D eigenvalue weighted by Gasteiger charge is 2.24. The van der Waals surface area contributed by atoms with Gasteiger partial charge in [0.1, 0.15) is 24.6 Å². The number of nitrogens with one attached hydrogen (secondary N) is 1. The summed E-state index contributed by atoms with van der Waals surface area (Å²) in [6, 6.07) is 12.3. The van der Waals surface area contributed by atoms with Crippen molar-refractivity contribution in [2.75, 3.05) is 13.2 Å². The Kier molecular flexibility index (Phi) is 4.43. The molecule has 6 heteroatoms. The summed E-state index contributed by atoms with van der Waals surface area (Å²) in [7, 11) is 0. The second kappa shape index (κ2) is 6.66. The van der Waals surface area contributed by atoms with Crippen LogP contribution in [0.4, 0.5) is 4.39 Å². The number of rotatable bonds is 5. The number of para-hydroxylation sites is 2. The quantitative estimate of drug-likeness (QED) is 0.882. The van der Waals surface area contributed by atoms with Gasteiger partial charge in [-0.2, -0.15) is 0 Å². The maximum Gasteiger partial charge on any atom is 0.239 e. The summed E-state index contributed by atoms with van der Waals surface area (Å²) in [5, 5.41) is 3.05. The maximum absolute atomic E-state index is 13.0. The van der Waals surface area contributed by atoms with Crippen LogP contribution in [0.3, 0.4) is 0 Å². The first-order valence-corrected chi connectivity index (χ1v) is 7.30. The Morgan fingerprint density at radius 2 is 1.91 bits per heavy atom. The highest BCUT2D eigenvalue weighted by Crippen LogP contribution is 2.30. The summed E-state index contributed by atoms with van der Waals surface area (Å²) in [6.45, 7) is 0.748. The third-order valence-corrected chi connectivity index (χ3v) is 3.61. The number of halogens is 1. The minimum Gasteiger partial charge on any atom is -0.486 e. The Hall–Kier alpha value is -2.60. The standard InChI is InChI=1S/C17H17FN2O3/c18-12-7-5-11(6-8-12)16(17(19)21)20-9-13-10-22-14-3-1-2-4-15(14)23-13/h1-8,13,16,20H,9-10H2,(H2,19,21). The van der Waals surface area contributed by atoms with E-state index >= 15 is 0 Å². The summed E-state index contributed by atoms with van der Waals surface area (Å²) in [4.78, 5) is 11.6. The fourth-order valence-corrected chi connectivity index (χ4v) is 2.45. The number of carbonyl (C=O) groups excluding carboxylic acids is 1. The lowest BCUT2D eigenvalue weighted by molar-refractivity contribution is -0.120. The third kappa shape index (κ3) is 3.60. The van der Waals surface area contributed by atoms with Crippen molar-refractivity contribution in [2.24, 2.45) is 5.73 Å². The van der Waals surface area contributed by atoms with E-state index in [4.69, 9.17) is 15.2 Å². The van der Waals surface area contributed by atoms with Gasteiger partial charge in [-0.25, -0.2) is 4.39 Å². The van der Waals surface area contributed by atoms with Crippen molar-refractivity contribution in [3.8, 4) is 11.5 Å². The molecule has 0 fully saturated rings. The normalized spacial score (nSPS) is 17.5. The van der Waals surface area contributed by atoms with Crippen LogP contribution in [0.5, 0.6) is 11.5 Å². The molecule has 0 saturated carbocycles. The van der Waals surface area contributed by atoms with Gasteiger partial charge in [0.2, 0.25) is 5.91 Å². The molecule has 1 heterocycles. The van der Waals surface area contributed by atoms with E-state index in [-0.39, 0.29) is 11.9 Å². The smallest absolute Gasteiger partial charge is 0.239 e. The molecule has 3 rings (SSSR count). The molecule has 1 aliphatic heterocycles. The van der Waals surface area contributed by atoms with Gasteiger partial charge in [-0.05, 0) is 29.8 Å². The van der Waals surface area contributed by atoms with Crippen molar-refractivity contribution < 1.29 is 18.7 Å². The number of hydrogen-bond donors (Lipinski definition) is 2. The summed E-state index contributed by atoms with van der Waals surface area (Å²) in [6.07, 6.45) is -0.243. The third-order valence-electron chi connectivity index (χ3n) is 3.61. The van der Waals surface area contributed by atoms with Gasteiger partial charge >= 0.3 is 0 Å². The number of carbonyl (C=O) groups is 1. The van der Waals surface area contributed by atoms with Crippen LogP contribution in [0.25, 0.3) is 0 Å². The Morgan fingerprint density at radius 3 is 2.61 bits per heavy atom. The predicted octanol–water partition coefficient (Wildman–Crippen LogP) is 1.78. The summed E-state index contributed by atoms with van der Waals surface area (Å²) < 4.78 is 24.4. The van der Waals surface area contributed by atoms with E-state index in [2.05, 4.69) is 5.32 Å². The van der Waals surface area contributed by atoms with Crippen LogP contribution < -0.4 is 20.5 Å². The zero-order chi connectivity index (χ0) is 16.2. The molecule has 0 bridgehead atoms. The average Bonchev–Trinajstić information content (AvgIpc) is 2.56. The minimum atomic E-state index is -0.712. The van der Waals surface area contributed by atoms with Crippen molar-refractivity contribution in [2.45, 2.75) is 12.1 Å². The molecule has 5 nitrogen and oxygen atoms in total. The molecule has 2 aromatic rings. The highest BCUT2D eigenvalue weighted by atomic mass is 19.1. The SMILES string of the molecule is NC(=O)C(NCC1COc2ccccc2O1)c1ccc(F)cc1. The lowest BCUT2D eigenvalue weighted by atomic mass is 10.1. The van der Waals surface area contributed by atoms with Crippen LogP contribution >= 0.6 is 0 Å². The Morgan fingerprint density at radius 1 is 1.22 bits per heavy atom. The molecular formula is C17H17FN2O3. The lowest BCUT2D eigenvalue weighted by Gasteiger charge is -2.28. The highest BCUT2D eigenvalue weighted by molar-refractivity contribution is 5.81. The first-order valence-electron chi connectivity index (χ1n) is 7.30. The molecule has 120 valence electrons. The molecule has 2 atom stereocenters. The fraction of sp³-hybridized carbons (Fsp3) is 0.235. The monoisotopic (exact) mass is 316 g/mol. The molecule has 2 aromatic carbocycles. The van der Waals surface area contributed by atoms with Crippen LogP contribution in [-0.4, -0.2) is 25.2 Å². The molecular weight excluding hydrogens is 299 g/mol. The first kappa shape index (κ1) is 15.3. The van der Waals surface area contributed by atoms with E-state index in [9.17, 15) is 9.18 Å². The molecule has 1 amide bonds. The molecule has 2 unspecified atom stereocenters. The zero-order valence-electron chi connectivity index (χ0n) is 12.4. The van der Waals surface area contributed by atoms with Crippen molar-refractivity contribution >= 4 is 5.91 Å². The predicted molar refractivity (Wildman–Crippen MR) is 82.7 cm³/mol. The van der Waals surface area contributed by atoms with Crippen LogP contribution in [0.2, 0.25) is 0 Å². The maximum atomic E-state index is 13.0. The molecule has 0 radical (unpaired) electrons. The van der Waals surface area contributed by atoms with E-state index in [0.29, 0.717) is 30.2 Å². The molecule has 0 spiro atoms. The molecule has 0 saturated heterocycles. The lowest BCUT2D eigenvalue weighted by Crippen LogP contribution is -2.43. The van der Waals surface area contributed by atoms with Gasteiger partial charge in [0.25, 0.3) is 0 Å². The number of amides is 1. The van der Waals surface area contributed by atoms with E-state index in [1.54, 1.807) is 0 Å². The number of benzene rings is 2. The number of primary amides is 1. The van der Waals surface area contributed by atoms with Crippen molar-refractivity contribution in [3.05, 3.63) is 59.9 Å².